The predicted octanol–water partition coefficient (Wildman–Crippen LogP) is 7.67. The van der Waals surface area contributed by atoms with Gasteiger partial charge in [-0.25, -0.2) is 0 Å². The van der Waals surface area contributed by atoms with Crippen LogP contribution in [0.1, 0.15) is 65.7 Å². The number of rotatable bonds is 11. The molecule has 2 rings (SSSR count). The SMILES string of the molecule is CCCCCC#C[C@H](CCCC(C)C)Nc1ccccc1Oc1ccccc1. The first-order valence-electron chi connectivity index (χ1n) is 10.8. The zero-order valence-corrected chi connectivity index (χ0v) is 17.7. The number of unbranched alkanes of at least 4 members (excludes halogenated alkanes) is 3. The number of ether oxygens (including phenoxy) is 1. The van der Waals surface area contributed by atoms with E-state index in [4.69, 9.17) is 4.74 Å². The van der Waals surface area contributed by atoms with Crippen molar-refractivity contribution >= 4 is 5.69 Å². The summed E-state index contributed by atoms with van der Waals surface area (Å²) in [5.41, 5.74) is 1.00. The molecule has 0 heterocycles. The standard InChI is InChI=1S/C26H35NO/c1-4-5-6-7-9-16-23(17-14-15-22(2)3)27-25-20-12-13-21-26(25)28-24-18-10-8-11-19-24/h8,10-13,18-23,27H,4-7,14-15,17H2,1-3H3/t23-/m1/s1. The molecule has 2 aromatic rings. The molecule has 0 fully saturated rings. The van der Waals surface area contributed by atoms with Gasteiger partial charge in [-0.2, -0.15) is 0 Å². The van der Waals surface area contributed by atoms with Crippen LogP contribution in [0.3, 0.4) is 0 Å². The Bertz CT molecular complexity index is 727. The highest BCUT2D eigenvalue weighted by Gasteiger charge is 2.10. The quantitative estimate of drug-likeness (QED) is 0.320. The third-order valence-electron chi connectivity index (χ3n) is 4.64. The topological polar surface area (TPSA) is 21.3 Å². The molecule has 0 spiro atoms. The largest absolute Gasteiger partial charge is 0.455 e. The van der Waals surface area contributed by atoms with Gasteiger partial charge in [0, 0.05) is 6.42 Å². The van der Waals surface area contributed by atoms with Crippen LogP contribution in [0.25, 0.3) is 0 Å². The smallest absolute Gasteiger partial charge is 0.150 e. The van der Waals surface area contributed by atoms with Gasteiger partial charge in [-0.05, 0) is 43.0 Å². The maximum absolute atomic E-state index is 6.10. The Hall–Kier alpha value is -2.40. The van der Waals surface area contributed by atoms with Crippen molar-refractivity contribution in [1.82, 2.24) is 0 Å². The summed E-state index contributed by atoms with van der Waals surface area (Å²) in [4.78, 5) is 0. The second kappa shape index (κ2) is 12.9. The van der Waals surface area contributed by atoms with E-state index in [1.807, 2.05) is 48.5 Å². The molecule has 0 radical (unpaired) electrons. The van der Waals surface area contributed by atoms with E-state index in [0.29, 0.717) is 0 Å². The zero-order chi connectivity index (χ0) is 20.0. The predicted molar refractivity (Wildman–Crippen MR) is 121 cm³/mol. The number of nitrogens with one attached hydrogen (secondary N) is 1. The molecule has 0 bridgehead atoms. The molecule has 0 aliphatic heterocycles. The van der Waals surface area contributed by atoms with Crippen LogP contribution in [0.2, 0.25) is 0 Å². The number of hydrogen-bond donors (Lipinski definition) is 1. The highest BCUT2D eigenvalue weighted by Crippen LogP contribution is 2.30. The Labute approximate surface area is 171 Å². The molecule has 0 saturated carbocycles. The molecular weight excluding hydrogens is 342 g/mol. The first-order chi connectivity index (χ1) is 13.7. The first-order valence-corrected chi connectivity index (χ1v) is 10.8. The van der Waals surface area contributed by atoms with Gasteiger partial charge in [-0.3, -0.25) is 0 Å². The van der Waals surface area contributed by atoms with Crippen LogP contribution in [0.15, 0.2) is 54.6 Å². The summed E-state index contributed by atoms with van der Waals surface area (Å²) in [6, 6.07) is 18.2. The Morgan fingerprint density at radius 1 is 0.893 bits per heavy atom. The van der Waals surface area contributed by atoms with Gasteiger partial charge in [0.1, 0.15) is 5.75 Å². The van der Waals surface area contributed by atoms with Crippen molar-refractivity contribution in [1.29, 1.82) is 0 Å². The van der Waals surface area contributed by atoms with Crippen molar-refractivity contribution in [2.24, 2.45) is 5.92 Å². The Balaban J connectivity index is 2.06. The fourth-order valence-electron chi connectivity index (χ4n) is 3.05. The molecule has 0 unspecified atom stereocenters. The van der Waals surface area contributed by atoms with Gasteiger partial charge in [0.15, 0.2) is 5.75 Å². The second-order valence-electron chi connectivity index (χ2n) is 7.71. The molecule has 0 aliphatic carbocycles. The van der Waals surface area contributed by atoms with Gasteiger partial charge >= 0.3 is 0 Å². The van der Waals surface area contributed by atoms with E-state index in [-0.39, 0.29) is 6.04 Å². The monoisotopic (exact) mass is 377 g/mol. The van der Waals surface area contributed by atoms with Crippen molar-refractivity contribution in [2.75, 3.05) is 5.32 Å². The zero-order valence-electron chi connectivity index (χ0n) is 17.7. The third-order valence-corrected chi connectivity index (χ3v) is 4.64. The number of benzene rings is 2. The van der Waals surface area contributed by atoms with Crippen molar-refractivity contribution < 1.29 is 4.74 Å². The minimum absolute atomic E-state index is 0.154. The van der Waals surface area contributed by atoms with Crippen LogP contribution in [0, 0.1) is 17.8 Å². The molecule has 0 aliphatic rings. The van der Waals surface area contributed by atoms with E-state index in [9.17, 15) is 0 Å². The van der Waals surface area contributed by atoms with Crippen LogP contribution >= 0.6 is 0 Å². The van der Waals surface area contributed by atoms with E-state index in [0.717, 1.165) is 35.9 Å². The lowest BCUT2D eigenvalue weighted by molar-refractivity contribution is 0.483. The van der Waals surface area contributed by atoms with Gasteiger partial charge in [-0.1, -0.05) is 82.7 Å². The number of hydrogen-bond acceptors (Lipinski definition) is 2. The number of anilines is 1. The molecule has 2 aromatic carbocycles. The van der Waals surface area contributed by atoms with Gasteiger partial charge in [0.2, 0.25) is 0 Å². The van der Waals surface area contributed by atoms with Crippen molar-refractivity contribution in [3.63, 3.8) is 0 Å². The Morgan fingerprint density at radius 2 is 1.64 bits per heavy atom. The van der Waals surface area contributed by atoms with Gasteiger partial charge < -0.3 is 10.1 Å². The summed E-state index contributed by atoms with van der Waals surface area (Å²) in [6.45, 7) is 6.79. The van der Waals surface area contributed by atoms with Crippen LogP contribution in [0.5, 0.6) is 11.5 Å². The van der Waals surface area contributed by atoms with Gasteiger partial charge in [-0.15, -0.1) is 5.92 Å². The van der Waals surface area contributed by atoms with Crippen molar-refractivity contribution in [3.05, 3.63) is 54.6 Å². The lowest BCUT2D eigenvalue weighted by Gasteiger charge is -2.18. The summed E-state index contributed by atoms with van der Waals surface area (Å²) in [7, 11) is 0. The fraction of sp³-hybridized carbons (Fsp3) is 0.462. The van der Waals surface area contributed by atoms with Crippen molar-refractivity contribution in [3.8, 4) is 23.3 Å². The maximum atomic E-state index is 6.10. The minimum Gasteiger partial charge on any atom is -0.455 e. The van der Waals surface area contributed by atoms with E-state index >= 15 is 0 Å². The molecule has 28 heavy (non-hydrogen) atoms. The summed E-state index contributed by atoms with van der Waals surface area (Å²) in [6.07, 6.45) is 8.14. The Morgan fingerprint density at radius 3 is 2.39 bits per heavy atom. The molecule has 1 N–H and O–H groups in total. The summed E-state index contributed by atoms with van der Waals surface area (Å²) >= 11 is 0. The van der Waals surface area contributed by atoms with Crippen molar-refractivity contribution in [2.45, 2.75) is 71.8 Å². The normalized spacial score (nSPS) is 11.6. The number of para-hydroxylation sites is 3. The van der Waals surface area contributed by atoms with Crippen LogP contribution < -0.4 is 10.1 Å². The molecule has 2 heteroatoms. The molecule has 0 saturated heterocycles. The average Bonchev–Trinajstić information content (AvgIpc) is 2.69. The van der Waals surface area contributed by atoms with Gasteiger partial charge in [0.05, 0.1) is 11.7 Å². The highest BCUT2D eigenvalue weighted by atomic mass is 16.5. The first kappa shape index (κ1) is 21.9. The maximum Gasteiger partial charge on any atom is 0.150 e. The highest BCUT2D eigenvalue weighted by molar-refractivity contribution is 5.58. The molecule has 0 amide bonds. The van der Waals surface area contributed by atoms with E-state index in [2.05, 4.69) is 44.0 Å². The Kier molecular flexibility index (Phi) is 10.1. The van der Waals surface area contributed by atoms with Gasteiger partial charge in [0.25, 0.3) is 0 Å². The molecule has 1 atom stereocenters. The summed E-state index contributed by atoms with van der Waals surface area (Å²) in [5, 5.41) is 3.63. The summed E-state index contributed by atoms with van der Waals surface area (Å²) in [5.74, 6) is 9.29. The second-order valence-corrected chi connectivity index (χ2v) is 7.71. The molecule has 2 nitrogen and oxygen atoms in total. The average molecular weight is 378 g/mol. The van der Waals surface area contributed by atoms with Crippen LogP contribution in [-0.4, -0.2) is 6.04 Å². The fourth-order valence-corrected chi connectivity index (χ4v) is 3.05. The van der Waals surface area contributed by atoms with Crippen LogP contribution in [0.4, 0.5) is 5.69 Å². The lowest BCUT2D eigenvalue weighted by atomic mass is 10.0. The minimum atomic E-state index is 0.154. The van der Waals surface area contributed by atoms with E-state index in [1.165, 1.54) is 32.1 Å². The molecule has 0 aromatic heterocycles. The summed E-state index contributed by atoms with van der Waals surface area (Å²) < 4.78 is 6.10. The van der Waals surface area contributed by atoms with E-state index in [1.54, 1.807) is 0 Å². The third kappa shape index (κ3) is 8.53. The van der Waals surface area contributed by atoms with E-state index < -0.39 is 0 Å². The van der Waals surface area contributed by atoms with Crippen LogP contribution in [-0.2, 0) is 0 Å². The molecule has 150 valence electrons. The lowest BCUT2D eigenvalue weighted by Crippen LogP contribution is -2.18. The molecular formula is C26H35NO.